The van der Waals surface area contributed by atoms with Crippen molar-refractivity contribution >= 4 is 16.7 Å². The Balaban J connectivity index is 2.37. The second-order valence-corrected chi connectivity index (χ2v) is 4.06. The Bertz CT molecular complexity index is 869. The molecule has 1 N–H and O–H groups in total. The van der Waals surface area contributed by atoms with E-state index >= 15 is 0 Å². The fourth-order valence-corrected chi connectivity index (χ4v) is 2.06. The monoisotopic (exact) mass is 251 g/mol. The van der Waals surface area contributed by atoms with Gasteiger partial charge < -0.3 is 4.98 Å². The highest BCUT2D eigenvalue weighted by molar-refractivity contribution is 5.89. The van der Waals surface area contributed by atoms with Gasteiger partial charge in [0.05, 0.1) is 18.6 Å². The molecule has 3 aromatic rings. The lowest BCUT2D eigenvalue weighted by molar-refractivity contribution is 0.786. The summed E-state index contributed by atoms with van der Waals surface area (Å²) >= 11 is 0. The molecule has 92 valence electrons. The molecular weight excluding hydrogens is 242 g/mol. The third kappa shape index (κ3) is 1.68. The van der Waals surface area contributed by atoms with E-state index in [1.165, 1.54) is 6.33 Å². The fraction of sp³-hybridized carbons (Fsp3) is 0.0769. The second-order valence-electron chi connectivity index (χ2n) is 4.06. The minimum atomic E-state index is -0.270. The minimum absolute atomic E-state index is 0.270. The van der Waals surface area contributed by atoms with Crippen molar-refractivity contribution in [3.63, 3.8) is 0 Å². The first-order valence-corrected chi connectivity index (χ1v) is 5.59. The number of H-pyrrole nitrogens is 1. The van der Waals surface area contributed by atoms with Gasteiger partial charge in [-0.1, -0.05) is 18.2 Å². The number of benzene rings is 1. The fourth-order valence-electron chi connectivity index (χ4n) is 2.06. The van der Waals surface area contributed by atoms with E-state index in [1.807, 2.05) is 6.07 Å². The molecule has 6 nitrogen and oxygen atoms in total. The molecule has 0 amide bonds. The van der Waals surface area contributed by atoms with E-state index in [9.17, 15) is 4.79 Å². The van der Waals surface area contributed by atoms with Gasteiger partial charge in [0, 0.05) is 7.05 Å². The number of aromatic amines is 1. The number of hydrogen-bond acceptors (Lipinski definition) is 3. The third-order valence-electron chi connectivity index (χ3n) is 2.88. The molecule has 3 rings (SSSR count). The molecule has 2 aromatic heterocycles. The van der Waals surface area contributed by atoms with Crippen molar-refractivity contribution in [1.82, 2.24) is 19.7 Å². The average Bonchev–Trinajstić information content (AvgIpc) is 2.77. The molecule has 2 heterocycles. The first-order chi connectivity index (χ1) is 9.20. The summed E-state index contributed by atoms with van der Waals surface area (Å²) in [6.45, 7) is 7.05. The van der Waals surface area contributed by atoms with Crippen LogP contribution in [0.1, 0.15) is 0 Å². The van der Waals surface area contributed by atoms with Crippen molar-refractivity contribution in [3.05, 3.63) is 52.4 Å². The van der Waals surface area contributed by atoms with E-state index in [0.29, 0.717) is 16.7 Å². The van der Waals surface area contributed by atoms with E-state index in [-0.39, 0.29) is 5.56 Å². The predicted molar refractivity (Wildman–Crippen MR) is 70.8 cm³/mol. The molecule has 0 spiro atoms. The zero-order valence-corrected chi connectivity index (χ0v) is 10.1. The van der Waals surface area contributed by atoms with Gasteiger partial charge in [0.25, 0.3) is 5.56 Å². The summed E-state index contributed by atoms with van der Waals surface area (Å²) in [6.07, 6.45) is 1.36. The van der Waals surface area contributed by atoms with E-state index in [2.05, 4.69) is 19.9 Å². The van der Waals surface area contributed by atoms with Crippen LogP contribution < -0.4 is 5.56 Å². The van der Waals surface area contributed by atoms with E-state index < -0.39 is 0 Å². The Kier molecular flexibility index (Phi) is 2.39. The molecule has 1 aromatic carbocycles. The Morgan fingerprint density at radius 2 is 2.21 bits per heavy atom. The largest absolute Gasteiger partial charge is 0.311 e. The molecule has 0 aliphatic carbocycles. The molecule has 0 saturated carbocycles. The average molecular weight is 251 g/mol. The maximum Gasteiger partial charge on any atom is 0.279 e. The number of aromatic nitrogens is 4. The topological polar surface area (TPSA) is 67.9 Å². The quantitative estimate of drug-likeness (QED) is 0.671. The SMILES string of the molecule is [C-]#[N+]c1cccc(-c2c3nc[nH]c(=O)c3nn2C)c1. The summed E-state index contributed by atoms with van der Waals surface area (Å²) in [5, 5.41) is 4.18. The van der Waals surface area contributed by atoms with Crippen molar-refractivity contribution in [2.24, 2.45) is 7.05 Å². The Morgan fingerprint density at radius 1 is 1.37 bits per heavy atom. The van der Waals surface area contributed by atoms with Crippen LogP contribution in [-0.4, -0.2) is 19.7 Å². The lowest BCUT2D eigenvalue weighted by atomic mass is 10.1. The van der Waals surface area contributed by atoms with Crippen LogP contribution >= 0.6 is 0 Å². The second kappa shape index (κ2) is 4.07. The van der Waals surface area contributed by atoms with Crippen LogP contribution in [-0.2, 0) is 7.05 Å². The summed E-state index contributed by atoms with van der Waals surface area (Å²) in [5.74, 6) is 0. The first-order valence-electron chi connectivity index (χ1n) is 5.59. The molecule has 19 heavy (non-hydrogen) atoms. The predicted octanol–water partition coefficient (Wildman–Crippen LogP) is 1.87. The number of nitrogens with zero attached hydrogens (tertiary/aromatic N) is 4. The number of rotatable bonds is 1. The van der Waals surface area contributed by atoms with Crippen LogP contribution in [0.4, 0.5) is 5.69 Å². The molecular formula is C13H9N5O. The number of fused-ring (bicyclic) bond motifs is 1. The lowest BCUT2D eigenvalue weighted by Crippen LogP contribution is -2.06. The molecule has 0 fully saturated rings. The zero-order chi connectivity index (χ0) is 13.4. The summed E-state index contributed by atoms with van der Waals surface area (Å²) in [4.78, 5) is 21.8. The molecule has 6 heteroatoms. The highest BCUT2D eigenvalue weighted by Gasteiger charge is 2.14. The minimum Gasteiger partial charge on any atom is -0.311 e. The lowest BCUT2D eigenvalue weighted by Gasteiger charge is -2.02. The van der Waals surface area contributed by atoms with Gasteiger partial charge in [0.1, 0.15) is 5.52 Å². The maximum atomic E-state index is 11.7. The van der Waals surface area contributed by atoms with Crippen LogP contribution in [0.3, 0.4) is 0 Å². The Hall–Kier alpha value is -2.94. The van der Waals surface area contributed by atoms with E-state index in [0.717, 1.165) is 11.3 Å². The van der Waals surface area contributed by atoms with Crippen molar-refractivity contribution in [2.75, 3.05) is 0 Å². The van der Waals surface area contributed by atoms with Crippen LogP contribution in [0.15, 0.2) is 35.4 Å². The van der Waals surface area contributed by atoms with Crippen molar-refractivity contribution in [2.45, 2.75) is 0 Å². The van der Waals surface area contributed by atoms with Gasteiger partial charge >= 0.3 is 0 Å². The van der Waals surface area contributed by atoms with Crippen molar-refractivity contribution in [3.8, 4) is 11.3 Å². The zero-order valence-electron chi connectivity index (χ0n) is 10.1. The van der Waals surface area contributed by atoms with Gasteiger partial charge in [0.15, 0.2) is 11.2 Å². The van der Waals surface area contributed by atoms with E-state index in [4.69, 9.17) is 6.57 Å². The van der Waals surface area contributed by atoms with Crippen molar-refractivity contribution in [1.29, 1.82) is 0 Å². The van der Waals surface area contributed by atoms with Crippen LogP contribution in [0.2, 0.25) is 0 Å². The molecule has 0 bridgehead atoms. The van der Waals surface area contributed by atoms with Gasteiger partial charge in [-0.2, -0.15) is 5.10 Å². The molecule has 0 saturated heterocycles. The van der Waals surface area contributed by atoms with Gasteiger partial charge in [-0.3, -0.25) is 9.48 Å². The van der Waals surface area contributed by atoms with E-state index in [1.54, 1.807) is 29.9 Å². The van der Waals surface area contributed by atoms with Crippen LogP contribution in [0.5, 0.6) is 0 Å². The number of nitrogens with one attached hydrogen (secondary N) is 1. The number of aryl methyl sites for hydroxylation is 1. The maximum absolute atomic E-state index is 11.7. The number of hydrogen-bond donors (Lipinski definition) is 1. The molecule has 0 aliphatic heterocycles. The summed E-state index contributed by atoms with van der Waals surface area (Å²) in [5.41, 5.74) is 2.65. The first kappa shape index (κ1) is 11.2. The van der Waals surface area contributed by atoms with Gasteiger partial charge in [-0.25, -0.2) is 9.83 Å². The highest BCUT2D eigenvalue weighted by atomic mass is 16.1. The summed E-state index contributed by atoms with van der Waals surface area (Å²) in [7, 11) is 1.75. The summed E-state index contributed by atoms with van der Waals surface area (Å²) < 4.78 is 1.61. The Labute approximate surface area is 108 Å². The van der Waals surface area contributed by atoms with Crippen LogP contribution in [0, 0.1) is 6.57 Å². The summed E-state index contributed by atoms with van der Waals surface area (Å²) in [6, 6.07) is 7.16. The molecule has 0 aliphatic rings. The van der Waals surface area contributed by atoms with Gasteiger partial charge in [-0.15, -0.1) is 0 Å². The van der Waals surface area contributed by atoms with Gasteiger partial charge in [0.2, 0.25) is 0 Å². The highest BCUT2D eigenvalue weighted by Crippen LogP contribution is 2.27. The smallest absolute Gasteiger partial charge is 0.279 e. The molecule has 0 unspecified atom stereocenters. The Morgan fingerprint density at radius 3 is 3.00 bits per heavy atom. The van der Waals surface area contributed by atoms with Gasteiger partial charge in [-0.05, 0) is 11.6 Å². The molecule has 0 radical (unpaired) electrons. The molecule has 0 atom stereocenters. The van der Waals surface area contributed by atoms with Crippen molar-refractivity contribution < 1.29 is 0 Å². The van der Waals surface area contributed by atoms with Crippen LogP contribution in [0.25, 0.3) is 27.1 Å². The normalized spacial score (nSPS) is 10.5. The standard InChI is InChI=1S/C13H9N5O/c1-14-9-5-3-4-8(6-9)12-10-11(17-18(12)2)13(19)16-7-15-10/h3-7H,2H3,(H,15,16,19). The third-order valence-corrected chi connectivity index (χ3v) is 2.88.